The lowest BCUT2D eigenvalue weighted by Crippen LogP contribution is -2.56. The van der Waals surface area contributed by atoms with Crippen LogP contribution >= 0.6 is 39.1 Å². The number of pyridine rings is 1. The second-order valence-electron chi connectivity index (χ2n) is 5.38. The predicted molar refractivity (Wildman–Crippen MR) is 96.3 cm³/mol. The first kappa shape index (κ1) is 17.9. The van der Waals surface area contributed by atoms with E-state index in [1.165, 1.54) is 16.4 Å². The van der Waals surface area contributed by atoms with Crippen LogP contribution in [0.15, 0.2) is 39.8 Å². The maximum Gasteiger partial charge on any atom is 0.244 e. The smallest absolute Gasteiger partial charge is 0.244 e. The summed E-state index contributed by atoms with van der Waals surface area (Å²) in [6, 6.07) is 6.53. The zero-order chi connectivity index (χ0) is 17.5. The molecule has 0 amide bonds. The van der Waals surface area contributed by atoms with Crippen molar-refractivity contribution in [1.82, 2.24) is 9.29 Å². The van der Waals surface area contributed by atoms with E-state index in [9.17, 15) is 8.42 Å². The van der Waals surface area contributed by atoms with E-state index in [1.807, 2.05) is 6.07 Å². The van der Waals surface area contributed by atoms with E-state index in [0.29, 0.717) is 16.5 Å². The lowest BCUT2D eigenvalue weighted by atomic mass is 10.2. The Hall–Kier alpha value is -0.860. The van der Waals surface area contributed by atoms with Crippen molar-refractivity contribution >= 4 is 49.2 Å². The minimum atomic E-state index is -3.68. The van der Waals surface area contributed by atoms with Crippen LogP contribution in [0.2, 0.25) is 10.0 Å². The Kier molecular flexibility index (Phi) is 5.09. The average molecular weight is 452 g/mol. The van der Waals surface area contributed by atoms with Crippen molar-refractivity contribution in [1.29, 1.82) is 0 Å². The standard InChI is InChI=1S/C15H13BrCl2N2O3S/c1-9-5-14(13(18)6-12(9)17)24(21,22)20-7-10(8-20)23-15-11(16)3-2-4-19-15/h2-6,10H,7-8H2,1H3. The third-order valence-corrected chi connectivity index (χ3v) is 6.96. The fourth-order valence-corrected chi connectivity index (χ4v) is 4.91. The van der Waals surface area contributed by atoms with Crippen molar-refractivity contribution < 1.29 is 13.2 Å². The molecule has 2 aromatic rings. The minimum Gasteiger partial charge on any atom is -0.471 e. The Morgan fingerprint density at radius 1 is 1.29 bits per heavy atom. The SMILES string of the molecule is Cc1cc(S(=O)(=O)N2CC(Oc3ncccc3Br)C2)c(Cl)cc1Cl. The third-order valence-electron chi connectivity index (χ3n) is 3.65. The number of hydrogen-bond donors (Lipinski definition) is 0. The number of benzene rings is 1. The molecule has 24 heavy (non-hydrogen) atoms. The van der Waals surface area contributed by atoms with Crippen LogP contribution in [-0.2, 0) is 10.0 Å². The molecule has 5 nitrogen and oxygen atoms in total. The molecular weight excluding hydrogens is 439 g/mol. The highest BCUT2D eigenvalue weighted by molar-refractivity contribution is 9.10. The molecule has 2 heterocycles. The summed E-state index contributed by atoms with van der Waals surface area (Å²) in [4.78, 5) is 4.17. The molecule has 3 rings (SSSR count). The van der Waals surface area contributed by atoms with Crippen LogP contribution in [0.25, 0.3) is 0 Å². The van der Waals surface area contributed by atoms with Crippen LogP contribution in [0.1, 0.15) is 5.56 Å². The molecule has 0 N–H and O–H groups in total. The van der Waals surface area contributed by atoms with Crippen LogP contribution in [0.5, 0.6) is 5.88 Å². The Labute approximate surface area is 158 Å². The van der Waals surface area contributed by atoms with Gasteiger partial charge in [0.1, 0.15) is 11.0 Å². The van der Waals surface area contributed by atoms with Crippen LogP contribution in [0, 0.1) is 6.92 Å². The Bertz CT molecular complexity index is 886. The number of ether oxygens (including phenoxy) is 1. The van der Waals surface area contributed by atoms with Gasteiger partial charge in [-0.3, -0.25) is 0 Å². The van der Waals surface area contributed by atoms with Gasteiger partial charge in [-0.25, -0.2) is 13.4 Å². The van der Waals surface area contributed by atoms with Gasteiger partial charge in [0.2, 0.25) is 15.9 Å². The lowest BCUT2D eigenvalue weighted by Gasteiger charge is -2.37. The van der Waals surface area contributed by atoms with Gasteiger partial charge in [-0.2, -0.15) is 4.31 Å². The fraction of sp³-hybridized carbons (Fsp3) is 0.267. The Morgan fingerprint density at radius 2 is 2.00 bits per heavy atom. The molecule has 0 saturated carbocycles. The molecule has 1 aromatic heterocycles. The first-order valence-corrected chi connectivity index (χ1v) is 10.0. The first-order chi connectivity index (χ1) is 11.3. The molecule has 0 aliphatic carbocycles. The maximum atomic E-state index is 12.7. The van der Waals surface area contributed by atoms with E-state index in [4.69, 9.17) is 27.9 Å². The van der Waals surface area contributed by atoms with Crippen LogP contribution in [-0.4, -0.2) is 36.9 Å². The second-order valence-corrected chi connectivity index (χ2v) is 8.96. The molecule has 0 bridgehead atoms. The van der Waals surface area contributed by atoms with Crippen molar-refractivity contribution in [3.05, 3.63) is 50.5 Å². The number of sulfonamides is 1. The highest BCUT2D eigenvalue weighted by Gasteiger charge is 2.39. The van der Waals surface area contributed by atoms with Crippen molar-refractivity contribution in [3.63, 3.8) is 0 Å². The van der Waals surface area contributed by atoms with E-state index >= 15 is 0 Å². The topological polar surface area (TPSA) is 59.5 Å². The molecule has 1 aliphatic rings. The fourth-order valence-electron chi connectivity index (χ4n) is 2.25. The summed E-state index contributed by atoms with van der Waals surface area (Å²) in [5.41, 5.74) is 0.658. The van der Waals surface area contributed by atoms with Gasteiger partial charge < -0.3 is 4.74 Å². The first-order valence-electron chi connectivity index (χ1n) is 7.02. The van der Waals surface area contributed by atoms with Gasteiger partial charge in [0, 0.05) is 11.2 Å². The summed E-state index contributed by atoms with van der Waals surface area (Å²) < 4.78 is 33.1. The third kappa shape index (κ3) is 3.41. The highest BCUT2D eigenvalue weighted by atomic mass is 79.9. The normalized spacial score (nSPS) is 16.0. The number of hydrogen-bond acceptors (Lipinski definition) is 4. The highest BCUT2D eigenvalue weighted by Crippen LogP contribution is 2.33. The molecule has 1 aliphatic heterocycles. The van der Waals surface area contributed by atoms with Gasteiger partial charge in [-0.05, 0) is 52.7 Å². The summed E-state index contributed by atoms with van der Waals surface area (Å²) in [5, 5.41) is 0.547. The van der Waals surface area contributed by atoms with Gasteiger partial charge in [0.15, 0.2) is 0 Å². The quantitative estimate of drug-likeness (QED) is 0.706. The molecule has 0 unspecified atom stereocenters. The number of aromatic nitrogens is 1. The maximum absolute atomic E-state index is 12.7. The van der Waals surface area contributed by atoms with Gasteiger partial charge in [-0.1, -0.05) is 23.2 Å². The van der Waals surface area contributed by atoms with E-state index in [2.05, 4.69) is 20.9 Å². The van der Waals surface area contributed by atoms with Gasteiger partial charge in [-0.15, -0.1) is 0 Å². The van der Waals surface area contributed by atoms with Gasteiger partial charge in [0.05, 0.1) is 22.6 Å². The summed E-state index contributed by atoms with van der Waals surface area (Å²) in [7, 11) is -3.68. The predicted octanol–water partition coefficient (Wildman–Crippen LogP) is 3.91. The second kappa shape index (κ2) is 6.80. The molecule has 9 heteroatoms. The summed E-state index contributed by atoms with van der Waals surface area (Å²) >= 11 is 15.4. The molecule has 0 radical (unpaired) electrons. The Morgan fingerprint density at radius 3 is 2.67 bits per heavy atom. The molecule has 128 valence electrons. The van der Waals surface area contributed by atoms with E-state index in [0.717, 1.165) is 4.47 Å². The van der Waals surface area contributed by atoms with Crippen molar-refractivity contribution in [2.75, 3.05) is 13.1 Å². The molecule has 1 fully saturated rings. The van der Waals surface area contributed by atoms with Gasteiger partial charge in [0.25, 0.3) is 0 Å². The van der Waals surface area contributed by atoms with Gasteiger partial charge >= 0.3 is 0 Å². The van der Waals surface area contributed by atoms with Crippen molar-refractivity contribution in [2.45, 2.75) is 17.9 Å². The number of aryl methyl sites for hydroxylation is 1. The number of halogens is 3. The zero-order valence-electron chi connectivity index (χ0n) is 12.5. The van der Waals surface area contributed by atoms with E-state index in [-0.39, 0.29) is 29.1 Å². The van der Waals surface area contributed by atoms with E-state index < -0.39 is 10.0 Å². The lowest BCUT2D eigenvalue weighted by molar-refractivity contribution is 0.0713. The number of nitrogens with zero attached hydrogens (tertiary/aromatic N) is 2. The van der Waals surface area contributed by atoms with Crippen LogP contribution in [0.4, 0.5) is 0 Å². The summed E-state index contributed by atoms with van der Waals surface area (Å²) in [6.45, 7) is 2.21. The molecule has 1 saturated heterocycles. The van der Waals surface area contributed by atoms with E-state index in [1.54, 1.807) is 19.2 Å². The molecular formula is C15H13BrCl2N2O3S. The summed E-state index contributed by atoms with van der Waals surface area (Å²) in [5.74, 6) is 0.444. The number of rotatable bonds is 4. The molecule has 0 atom stereocenters. The summed E-state index contributed by atoms with van der Waals surface area (Å²) in [6.07, 6.45) is 1.36. The van der Waals surface area contributed by atoms with Crippen molar-refractivity contribution in [3.8, 4) is 5.88 Å². The molecule has 0 spiro atoms. The largest absolute Gasteiger partial charge is 0.471 e. The minimum absolute atomic E-state index is 0.0588. The van der Waals surface area contributed by atoms with Crippen molar-refractivity contribution in [2.24, 2.45) is 0 Å². The average Bonchev–Trinajstić information content (AvgIpc) is 2.47. The van der Waals surface area contributed by atoms with Crippen LogP contribution in [0.3, 0.4) is 0 Å². The zero-order valence-corrected chi connectivity index (χ0v) is 16.5. The molecule has 1 aromatic carbocycles. The Balaban J connectivity index is 1.73. The monoisotopic (exact) mass is 450 g/mol. The van der Waals surface area contributed by atoms with Crippen LogP contribution < -0.4 is 4.74 Å².